The molecule has 3 aromatic rings. The van der Waals surface area contributed by atoms with Crippen molar-refractivity contribution in [2.75, 3.05) is 11.9 Å². The summed E-state index contributed by atoms with van der Waals surface area (Å²) in [5.74, 6) is -1.43. The lowest BCUT2D eigenvalue weighted by molar-refractivity contribution is -0.119. The number of nitrogens with one attached hydrogen (secondary N) is 2. The van der Waals surface area contributed by atoms with Gasteiger partial charge in [0.25, 0.3) is 11.8 Å². The number of amides is 2. The van der Waals surface area contributed by atoms with Crippen LogP contribution in [-0.4, -0.2) is 24.4 Å². The minimum absolute atomic E-state index is 0.312. The van der Waals surface area contributed by atoms with Crippen LogP contribution >= 0.6 is 0 Å². The maximum Gasteiger partial charge on any atom is 0.338 e. The van der Waals surface area contributed by atoms with Crippen LogP contribution in [0.15, 0.2) is 78.9 Å². The highest BCUT2D eigenvalue weighted by atomic mass is 16.5. The van der Waals surface area contributed by atoms with Crippen molar-refractivity contribution in [3.05, 3.63) is 101 Å². The summed E-state index contributed by atoms with van der Waals surface area (Å²) in [6, 6.07) is 22.9. The SMILES string of the molecule is Cc1ccc(CNC(=O)c2ccccc2NC(=O)COC(=O)c2ccccc2)cc1. The predicted molar refractivity (Wildman–Crippen MR) is 114 cm³/mol. The van der Waals surface area contributed by atoms with Gasteiger partial charge in [0.1, 0.15) is 0 Å². The van der Waals surface area contributed by atoms with E-state index in [0.717, 1.165) is 11.1 Å². The molecule has 0 saturated carbocycles. The van der Waals surface area contributed by atoms with Gasteiger partial charge in [0.15, 0.2) is 6.61 Å². The Bertz CT molecular complexity index is 1030. The van der Waals surface area contributed by atoms with E-state index in [1.807, 2.05) is 31.2 Å². The number of carbonyl (C=O) groups is 3. The molecule has 2 amide bonds. The minimum atomic E-state index is -0.588. The van der Waals surface area contributed by atoms with Gasteiger partial charge >= 0.3 is 5.97 Å². The Kier molecular flexibility index (Phi) is 6.95. The molecule has 0 unspecified atom stereocenters. The Morgan fingerprint density at radius 1 is 0.833 bits per heavy atom. The van der Waals surface area contributed by atoms with Crippen LogP contribution in [0.1, 0.15) is 31.8 Å². The van der Waals surface area contributed by atoms with Crippen LogP contribution in [0.25, 0.3) is 0 Å². The molecule has 0 aliphatic carbocycles. The Labute approximate surface area is 174 Å². The molecule has 2 N–H and O–H groups in total. The second-order valence-electron chi connectivity index (χ2n) is 6.70. The number of aryl methyl sites for hydroxylation is 1. The van der Waals surface area contributed by atoms with Crippen molar-refractivity contribution in [1.82, 2.24) is 5.32 Å². The number of carbonyl (C=O) groups excluding carboxylic acids is 3. The van der Waals surface area contributed by atoms with Gasteiger partial charge in [-0.2, -0.15) is 0 Å². The van der Waals surface area contributed by atoms with E-state index in [-0.39, 0.29) is 5.91 Å². The second kappa shape index (κ2) is 10.0. The minimum Gasteiger partial charge on any atom is -0.452 e. The van der Waals surface area contributed by atoms with Crippen molar-refractivity contribution in [3.8, 4) is 0 Å². The van der Waals surface area contributed by atoms with Crippen molar-refractivity contribution >= 4 is 23.5 Å². The fourth-order valence-corrected chi connectivity index (χ4v) is 2.75. The Morgan fingerprint density at radius 2 is 1.50 bits per heavy atom. The van der Waals surface area contributed by atoms with Gasteiger partial charge in [-0.25, -0.2) is 4.79 Å². The highest BCUT2D eigenvalue weighted by Gasteiger charge is 2.14. The van der Waals surface area contributed by atoms with Crippen LogP contribution < -0.4 is 10.6 Å². The standard InChI is InChI=1S/C24H22N2O4/c1-17-11-13-18(14-12-17)15-25-23(28)20-9-5-6-10-21(20)26-22(27)16-30-24(29)19-7-3-2-4-8-19/h2-14H,15-16H2,1H3,(H,25,28)(H,26,27). The van der Waals surface area contributed by atoms with Crippen molar-refractivity contribution in [3.63, 3.8) is 0 Å². The van der Waals surface area contributed by atoms with Crippen LogP contribution in [0.2, 0.25) is 0 Å². The van der Waals surface area contributed by atoms with E-state index in [9.17, 15) is 14.4 Å². The van der Waals surface area contributed by atoms with Gasteiger partial charge in [0, 0.05) is 6.54 Å². The zero-order chi connectivity index (χ0) is 21.3. The number of rotatable bonds is 7. The highest BCUT2D eigenvalue weighted by molar-refractivity contribution is 6.04. The lowest BCUT2D eigenvalue weighted by Crippen LogP contribution is -2.26. The van der Waals surface area contributed by atoms with Crippen molar-refractivity contribution in [2.24, 2.45) is 0 Å². The molecule has 0 atom stereocenters. The summed E-state index contributed by atoms with van der Waals surface area (Å²) >= 11 is 0. The molecule has 6 heteroatoms. The fourth-order valence-electron chi connectivity index (χ4n) is 2.75. The highest BCUT2D eigenvalue weighted by Crippen LogP contribution is 2.15. The Balaban J connectivity index is 1.57. The summed E-state index contributed by atoms with van der Waals surface area (Å²) in [5.41, 5.74) is 3.16. The quantitative estimate of drug-likeness (QED) is 0.590. The van der Waals surface area contributed by atoms with Crippen LogP contribution in [0.5, 0.6) is 0 Å². The van der Waals surface area contributed by atoms with E-state index in [0.29, 0.717) is 23.4 Å². The molecule has 0 aliphatic heterocycles. The first-order valence-corrected chi connectivity index (χ1v) is 9.48. The van der Waals surface area contributed by atoms with Gasteiger partial charge < -0.3 is 15.4 Å². The topological polar surface area (TPSA) is 84.5 Å². The number of hydrogen-bond donors (Lipinski definition) is 2. The number of hydrogen-bond acceptors (Lipinski definition) is 4. The van der Waals surface area contributed by atoms with E-state index in [1.54, 1.807) is 54.6 Å². The molecule has 0 heterocycles. The zero-order valence-electron chi connectivity index (χ0n) is 16.6. The molecule has 152 valence electrons. The summed E-state index contributed by atoms with van der Waals surface area (Å²) in [4.78, 5) is 36.8. The molecule has 0 radical (unpaired) electrons. The Hall–Kier alpha value is -3.93. The number of ether oxygens (including phenoxy) is 1. The summed E-state index contributed by atoms with van der Waals surface area (Å²) < 4.78 is 5.03. The summed E-state index contributed by atoms with van der Waals surface area (Å²) in [7, 11) is 0. The molecule has 0 saturated heterocycles. The van der Waals surface area contributed by atoms with Crippen LogP contribution in [0.3, 0.4) is 0 Å². The summed E-state index contributed by atoms with van der Waals surface area (Å²) in [6.07, 6.45) is 0. The molecular formula is C24H22N2O4. The van der Waals surface area contributed by atoms with Crippen molar-refractivity contribution in [2.45, 2.75) is 13.5 Å². The first-order valence-electron chi connectivity index (χ1n) is 9.48. The van der Waals surface area contributed by atoms with E-state index in [2.05, 4.69) is 10.6 Å². The van der Waals surface area contributed by atoms with Gasteiger partial charge in [0.05, 0.1) is 16.8 Å². The maximum atomic E-state index is 12.6. The normalized spacial score (nSPS) is 10.2. The lowest BCUT2D eigenvalue weighted by atomic mass is 10.1. The number of para-hydroxylation sites is 1. The summed E-state index contributed by atoms with van der Waals surface area (Å²) in [6.45, 7) is 1.92. The molecular weight excluding hydrogens is 380 g/mol. The van der Waals surface area contributed by atoms with Gasteiger partial charge in [-0.1, -0.05) is 60.2 Å². The largest absolute Gasteiger partial charge is 0.452 e. The smallest absolute Gasteiger partial charge is 0.338 e. The number of esters is 1. The second-order valence-corrected chi connectivity index (χ2v) is 6.70. The van der Waals surface area contributed by atoms with E-state index in [4.69, 9.17) is 4.74 Å². The van der Waals surface area contributed by atoms with Gasteiger partial charge in [-0.05, 0) is 36.8 Å². The van der Waals surface area contributed by atoms with E-state index >= 15 is 0 Å². The molecule has 30 heavy (non-hydrogen) atoms. The van der Waals surface area contributed by atoms with Crippen LogP contribution in [0, 0.1) is 6.92 Å². The number of anilines is 1. The third kappa shape index (κ3) is 5.78. The molecule has 3 rings (SSSR count). The van der Waals surface area contributed by atoms with Gasteiger partial charge in [-0.3, -0.25) is 9.59 Å². The van der Waals surface area contributed by atoms with E-state index in [1.165, 1.54) is 0 Å². The number of benzene rings is 3. The third-order valence-electron chi connectivity index (χ3n) is 4.36. The Morgan fingerprint density at radius 3 is 2.23 bits per heavy atom. The fraction of sp³-hybridized carbons (Fsp3) is 0.125. The monoisotopic (exact) mass is 402 g/mol. The molecule has 3 aromatic carbocycles. The van der Waals surface area contributed by atoms with Crippen molar-refractivity contribution < 1.29 is 19.1 Å². The first-order chi connectivity index (χ1) is 14.5. The lowest BCUT2D eigenvalue weighted by Gasteiger charge is -2.12. The van der Waals surface area contributed by atoms with Crippen molar-refractivity contribution in [1.29, 1.82) is 0 Å². The third-order valence-corrected chi connectivity index (χ3v) is 4.36. The molecule has 0 aromatic heterocycles. The first kappa shape index (κ1) is 20.8. The molecule has 0 aliphatic rings. The average molecular weight is 402 g/mol. The molecule has 0 spiro atoms. The molecule has 0 bridgehead atoms. The predicted octanol–water partition coefficient (Wildman–Crippen LogP) is 3.72. The van der Waals surface area contributed by atoms with E-state index < -0.39 is 18.5 Å². The average Bonchev–Trinajstić information content (AvgIpc) is 2.78. The van der Waals surface area contributed by atoms with Crippen LogP contribution in [-0.2, 0) is 16.1 Å². The van der Waals surface area contributed by atoms with Gasteiger partial charge in [-0.15, -0.1) is 0 Å². The zero-order valence-corrected chi connectivity index (χ0v) is 16.6. The molecule has 6 nitrogen and oxygen atoms in total. The summed E-state index contributed by atoms with van der Waals surface area (Å²) in [5, 5.41) is 5.47. The van der Waals surface area contributed by atoms with Crippen LogP contribution in [0.4, 0.5) is 5.69 Å². The maximum absolute atomic E-state index is 12.6. The molecule has 0 fully saturated rings. The van der Waals surface area contributed by atoms with Gasteiger partial charge in [0.2, 0.25) is 0 Å².